The molecule has 0 aliphatic carbocycles. The number of hydrogen-bond acceptors (Lipinski definition) is 4. The first-order chi connectivity index (χ1) is 11.1. The van der Waals surface area contributed by atoms with Crippen LogP contribution in [0.1, 0.15) is 42.1 Å². The molecule has 0 bridgehead atoms. The Morgan fingerprint density at radius 3 is 2.46 bits per heavy atom. The van der Waals surface area contributed by atoms with E-state index in [1.54, 1.807) is 6.92 Å². The maximum Gasteiger partial charge on any atom is 0.416 e. The average molecular weight is 348 g/mol. The van der Waals surface area contributed by atoms with Crippen LogP contribution < -0.4 is 5.32 Å². The van der Waals surface area contributed by atoms with Crippen molar-refractivity contribution >= 4 is 17.6 Å². The van der Waals surface area contributed by atoms with E-state index in [0.717, 1.165) is 0 Å². The van der Waals surface area contributed by atoms with Crippen molar-refractivity contribution in [2.24, 2.45) is 0 Å². The molecular weight excluding hydrogens is 333 g/mol. The number of aliphatic carboxylic acids is 1. The fourth-order valence-corrected chi connectivity index (χ4v) is 1.95. The number of hydrogen-bond donors (Lipinski definition) is 2. The van der Waals surface area contributed by atoms with Crippen LogP contribution in [0.15, 0.2) is 18.2 Å². The standard InChI is InChI=1S/C14H15F3N2O5/c1-2-3-4-10(13(21)22)18-12(20)9-6-5-8(14(15,16)17)7-11(9)19(23)24/h5-7,10H,2-4H2,1H3,(H,18,20)(H,21,22)/t10-/m0/s1. The van der Waals surface area contributed by atoms with E-state index in [4.69, 9.17) is 5.11 Å². The average Bonchev–Trinajstić information content (AvgIpc) is 2.49. The van der Waals surface area contributed by atoms with E-state index in [9.17, 15) is 32.9 Å². The molecule has 1 atom stereocenters. The number of carbonyl (C=O) groups excluding carboxylic acids is 1. The number of amides is 1. The molecule has 1 amide bonds. The van der Waals surface area contributed by atoms with Gasteiger partial charge in [-0.1, -0.05) is 19.8 Å². The van der Waals surface area contributed by atoms with Crippen LogP contribution in [0.4, 0.5) is 18.9 Å². The minimum absolute atomic E-state index is 0.103. The highest BCUT2D eigenvalue weighted by Crippen LogP contribution is 2.33. The Morgan fingerprint density at radius 2 is 2.00 bits per heavy atom. The van der Waals surface area contributed by atoms with Gasteiger partial charge in [0.15, 0.2) is 0 Å². The molecule has 0 spiro atoms. The molecule has 0 radical (unpaired) electrons. The highest BCUT2D eigenvalue weighted by molar-refractivity contribution is 6.00. The summed E-state index contributed by atoms with van der Waals surface area (Å²) in [4.78, 5) is 32.9. The van der Waals surface area contributed by atoms with Crippen LogP contribution in [0.5, 0.6) is 0 Å². The van der Waals surface area contributed by atoms with Gasteiger partial charge in [0.05, 0.1) is 10.5 Å². The number of nitro benzene ring substituents is 1. The number of nitrogens with zero attached hydrogens (tertiary/aromatic N) is 1. The zero-order valence-corrected chi connectivity index (χ0v) is 12.6. The second-order valence-corrected chi connectivity index (χ2v) is 4.99. The summed E-state index contributed by atoms with van der Waals surface area (Å²) in [5, 5.41) is 22.1. The van der Waals surface area contributed by atoms with Gasteiger partial charge in [0.2, 0.25) is 0 Å². The zero-order valence-electron chi connectivity index (χ0n) is 12.6. The van der Waals surface area contributed by atoms with Crippen LogP contribution in [-0.2, 0) is 11.0 Å². The third-order valence-electron chi connectivity index (χ3n) is 3.22. The Kier molecular flexibility index (Phi) is 6.27. The third kappa shape index (κ3) is 4.93. The lowest BCUT2D eigenvalue weighted by molar-refractivity contribution is -0.385. The molecule has 0 saturated heterocycles. The van der Waals surface area contributed by atoms with Gasteiger partial charge in [0.1, 0.15) is 11.6 Å². The number of nitro groups is 1. The van der Waals surface area contributed by atoms with Gasteiger partial charge in [0, 0.05) is 6.07 Å². The van der Waals surface area contributed by atoms with Gasteiger partial charge >= 0.3 is 12.1 Å². The van der Waals surface area contributed by atoms with E-state index in [2.05, 4.69) is 5.32 Å². The van der Waals surface area contributed by atoms with Crippen molar-refractivity contribution in [2.45, 2.75) is 38.4 Å². The Bertz CT molecular complexity index is 646. The van der Waals surface area contributed by atoms with Crippen molar-refractivity contribution in [3.8, 4) is 0 Å². The van der Waals surface area contributed by atoms with Crippen LogP contribution >= 0.6 is 0 Å². The maximum absolute atomic E-state index is 12.6. The van der Waals surface area contributed by atoms with Crippen molar-refractivity contribution in [2.75, 3.05) is 0 Å². The first kappa shape index (κ1) is 19.4. The zero-order chi connectivity index (χ0) is 18.5. The number of carboxylic acids is 1. The highest BCUT2D eigenvalue weighted by atomic mass is 19.4. The molecule has 0 fully saturated rings. The molecule has 132 valence electrons. The fraction of sp³-hybridized carbons (Fsp3) is 0.429. The Hall–Kier alpha value is -2.65. The van der Waals surface area contributed by atoms with E-state index in [-0.39, 0.29) is 12.5 Å². The Balaban J connectivity index is 3.13. The third-order valence-corrected chi connectivity index (χ3v) is 3.22. The summed E-state index contributed by atoms with van der Waals surface area (Å²) >= 11 is 0. The summed E-state index contributed by atoms with van der Waals surface area (Å²) in [6.07, 6.45) is -3.54. The molecule has 2 N–H and O–H groups in total. The number of rotatable bonds is 7. The van der Waals surface area contributed by atoms with Gasteiger partial charge < -0.3 is 10.4 Å². The molecule has 0 saturated carbocycles. The number of carboxylic acid groups (broad SMARTS) is 1. The van der Waals surface area contributed by atoms with Gasteiger partial charge in [-0.05, 0) is 18.6 Å². The summed E-state index contributed by atoms with van der Waals surface area (Å²) in [5.74, 6) is -2.44. The van der Waals surface area contributed by atoms with Crippen LogP contribution in [0, 0.1) is 10.1 Å². The second kappa shape index (κ2) is 7.75. The summed E-state index contributed by atoms with van der Waals surface area (Å²) in [5.41, 5.74) is -2.94. The van der Waals surface area contributed by atoms with E-state index in [1.165, 1.54) is 0 Å². The van der Waals surface area contributed by atoms with Gasteiger partial charge in [-0.3, -0.25) is 14.9 Å². The van der Waals surface area contributed by atoms with Crippen LogP contribution in [0.2, 0.25) is 0 Å². The molecule has 0 aliphatic heterocycles. The lowest BCUT2D eigenvalue weighted by Gasteiger charge is -2.14. The topological polar surface area (TPSA) is 110 Å². The van der Waals surface area contributed by atoms with Crippen LogP contribution in [0.25, 0.3) is 0 Å². The largest absolute Gasteiger partial charge is 0.480 e. The number of nitrogens with one attached hydrogen (secondary N) is 1. The first-order valence-corrected chi connectivity index (χ1v) is 6.97. The van der Waals surface area contributed by atoms with Gasteiger partial charge in [-0.15, -0.1) is 0 Å². The summed E-state index contributed by atoms with van der Waals surface area (Å²) in [6, 6.07) is 0.162. The van der Waals surface area contributed by atoms with Crippen molar-refractivity contribution in [1.29, 1.82) is 0 Å². The van der Waals surface area contributed by atoms with E-state index in [0.29, 0.717) is 25.0 Å². The van der Waals surface area contributed by atoms with Gasteiger partial charge in [0.25, 0.3) is 11.6 Å². The summed E-state index contributed by atoms with van der Waals surface area (Å²) < 4.78 is 37.9. The quantitative estimate of drug-likeness (QED) is 0.581. The van der Waals surface area contributed by atoms with Crippen LogP contribution in [-0.4, -0.2) is 27.9 Å². The van der Waals surface area contributed by atoms with Gasteiger partial charge in [-0.2, -0.15) is 13.2 Å². The van der Waals surface area contributed by atoms with Crippen molar-refractivity contribution in [3.63, 3.8) is 0 Å². The van der Waals surface area contributed by atoms with Crippen molar-refractivity contribution < 1.29 is 32.8 Å². The van der Waals surface area contributed by atoms with Crippen molar-refractivity contribution in [3.05, 3.63) is 39.4 Å². The number of halogens is 3. The Morgan fingerprint density at radius 1 is 1.38 bits per heavy atom. The van der Waals surface area contributed by atoms with E-state index >= 15 is 0 Å². The monoisotopic (exact) mass is 348 g/mol. The molecule has 24 heavy (non-hydrogen) atoms. The number of unbranched alkanes of at least 4 members (excludes halogenated alkanes) is 1. The molecule has 0 unspecified atom stereocenters. The Labute approximate surface area is 134 Å². The highest BCUT2D eigenvalue weighted by Gasteiger charge is 2.34. The number of carbonyl (C=O) groups is 2. The summed E-state index contributed by atoms with van der Waals surface area (Å²) in [7, 11) is 0. The minimum Gasteiger partial charge on any atom is -0.480 e. The molecule has 0 aromatic heterocycles. The lowest BCUT2D eigenvalue weighted by atomic mass is 10.1. The molecular formula is C14H15F3N2O5. The molecule has 1 aromatic rings. The smallest absolute Gasteiger partial charge is 0.416 e. The molecule has 0 aliphatic rings. The molecule has 7 nitrogen and oxygen atoms in total. The van der Waals surface area contributed by atoms with E-state index in [1.807, 2.05) is 0 Å². The molecule has 0 heterocycles. The second-order valence-electron chi connectivity index (χ2n) is 4.99. The SMILES string of the molecule is CCCC[C@H](NC(=O)c1ccc(C(F)(F)F)cc1[N+](=O)[O-])C(=O)O. The summed E-state index contributed by atoms with van der Waals surface area (Å²) in [6.45, 7) is 1.81. The minimum atomic E-state index is -4.80. The molecule has 1 rings (SSSR count). The van der Waals surface area contributed by atoms with Gasteiger partial charge in [-0.25, -0.2) is 4.79 Å². The predicted molar refractivity (Wildman–Crippen MR) is 76.5 cm³/mol. The fourth-order valence-electron chi connectivity index (χ4n) is 1.95. The predicted octanol–water partition coefficient (Wildman–Crippen LogP) is 2.99. The van der Waals surface area contributed by atoms with Crippen LogP contribution in [0.3, 0.4) is 0 Å². The van der Waals surface area contributed by atoms with E-state index < -0.39 is 45.8 Å². The lowest BCUT2D eigenvalue weighted by Crippen LogP contribution is -2.41. The first-order valence-electron chi connectivity index (χ1n) is 6.97. The number of alkyl halides is 3. The number of benzene rings is 1. The molecule has 10 heteroatoms. The molecule has 1 aromatic carbocycles. The van der Waals surface area contributed by atoms with Crippen molar-refractivity contribution in [1.82, 2.24) is 5.32 Å². The normalized spacial score (nSPS) is 12.5. The maximum atomic E-state index is 12.6.